The van der Waals surface area contributed by atoms with Crippen molar-refractivity contribution in [1.29, 1.82) is 0 Å². The van der Waals surface area contributed by atoms with Gasteiger partial charge in [-0.3, -0.25) is 0 Å². The van der Waals surface area contributed by atoms with Crippen molar-refractivity contribution in [1.82, 2.24) is 5.32 Å². The fourth-order valence-corrected chi connectivity index (χ4v) is 2.54. The van der Waals surface area contributed by atoms with Crippen LogP contribution in [0.5, 0.6) is 17.2 Å². The van der Waals surface area contributed by atoms with Gasteiger partial charge in [0, 0.05) is 23.7 Å². The fraction of sp³-hybridized carbons (Fsp3) is 0.571. The molecule has 0 bridgehead atoms. The number of nitrogens with one attached hydrogen (secondary N) is 1. The molecular formula is C14H19NO3. The van der Waals surface area contributed by atoms with Crippen LogP contribution < -0.4 is 19.5 Å². The summed E-state index contributed by atoms with van der Waals surface area (Å²) in [4.78, 5) is 0. The molecule has 1 atom stereocenters. The molecule has 1 unspecified atom stereocenters. The molecule has 0 radical (unpaired) electrons. The summed E-state index contributed by atoms with van der Waals surface area (Å²) >= 11 is 0. The zero-order chi connectivity index (χ0) is 12.5. The van der Waals surface area contributed by atoms with Gasteiger partial charge in [-0.1, -0.05) is 13.8 Å². The van der Waals surface area contributed by atoms with Crippen LogP contribution in [-0.4, -0.2) is 19.4 Å². The number of benzene rings is 1. The van der Waals surface area contributed by atoms with Crippen molar-refractivity contribution in [3.05, 3.63) is 17.7 Å². The molecular weight excluding hydrogens is 230 g/mol. The maximum Gasteiger partial charge on any atom is 0.231 e. The van der Waals surface area contributed by atoms with E-state index in [0.29, 0.717) is 18.9 Å². The Morgan fingerprint density at radius 2 is 1.89 bits per heavy atom. The molecule has 1 aromatic carbocycles. The van der Waals surface area contributed by atoms with E-state index < -0.39 is 0 Å². The third-order valence-corrected chi connectivity index (χ3v) is 3.31. The second-order valence-corrected chi connectivity index (χ2v) is 5.11. The minimum absolute atomic E-state index is 0.306. The quantitative estimate of drug-likeness (QED) is 0.874. The van der Waals surface area contributed by atoms with Crippen molar-refractivity contribution in [3.63, 3.8) is 0 Å². The lowest BCUT2D eigenvalue weighted by Crippen LogP contribution is -2.27. The summed E-state index contributed by atoms with van der Waals surface area (Å²) < 4.78 is 16.7. The van der Waals surface area contributed by atoms with Gasteiger partial charge in [0.25, 0.3) is 0 Å². The smallest absolute Gasteiger partial charge is 0.231 e. The van der Waals surface area contributed by atoms with Crippen LogP contribution in [0.1, 0.15) is 38.3 Å². The van der Waals surface area contributed by atoms with Crippen LogP contribution in [-0.2, 0) is 0 Å². The average molecular weight is 249 g/mol. The molecule has 0 aliphatic carbocycles. The molecule has 0 saturated carbocycles. The van der Waals surface area contributed by atoms with Gasteiger partial charge in [-0.15, -0.1) is 0 Å². The molecule has 2 aliphatic rings. The molecule has 0 amide bonds. The lowest BCUT2D eigenvalue weighted by atomic mass is 10.0. The third-order valence-electron chi connectivity index (χ3n) is 3.31. The Balaban J connectivity index is 1.97. The van der Waals surface area contributed by atoms with Gasteiger partial charge in [0.2, 0.25) is 6.79 Å². The zero-order valence-corrected chi connectivity index (χ0v) is 10.9. The largest absolute Gasteiger partial charge is 0.493 e. The standard InChI is InChI=1S/C14H19NO3/c1-9(2)15-11-4-3-5-16-12-7-14-13(6-10(11)12)17-8-18-14/h6-7,9,11,15H,3-5,8H2,1-2H3. The fourth-order valence-electron chi connectivity index (χ4n) is 2.54. The maximum atomic E-state index is 5.81. The zero-order valence-electron chi connectivity index (χ0n) is 10.9. The SMILES string of the molecule is CC(C)NC1CCCOc2cc3c(cc21)OCO3. The Hall–Kier alpha value is -1.42. The predicted octanol–water partition coefficient (Wildman–Crippen LogP) is 2.63. The van der Waals surface area contributed by atoms with E-state index in [4.69, 9.17) is 14.2 Å². The third kappa shape index (κ3) is 2.12. The van der Waals surface area contributed by atoms with Crippen molar-refractivity contribution in [2.75, 3.05) is 13.4 Å². The van der Waals surface area contributed by atoms with Gasteiger partial charge >= 0.3 is 0 Å². The van der Waals surface area contributed by atoms with Crippen LogP contribution in [0.15, 0.2) is 12.1 Å². The van der Waals surface area contributed by atoms with E-state index in [1.54, 1.807) is 0 Å². The monoisotopic (exact) mass is 249 g/mol. The van der Waals surface area contributed by atoms with Crippen molar-refractivity contribution in [2.24, 2.45) is 0 Å². The molecule has 0 saturated heterocycles. The Kier molecular flexibility index (Phi) is 3.04. The number of fused-ring (bicyclic) bond motifs is 2. The van der Waals surface area contributed by atoms with Crippen LogP contribution in [0.4, 0.5) is 0 Å². The highest BCUT2D eigenvalue weighted by atomic mass is 16.7. The molecule has 2 aliphatic heterocycles. The predicted molar refractivity (Wildman–Crippen MR) is 68.3 cm³/mol. The number of ether oxygens (including phenoxy) is 3. The Bertz CT molecular complexity index is 445. The van der Waals surface area contributed by atoms with Gasteiger partial charge < -0.3 is 19.5 Å². The van der Waals surface area contributed by atoms with Gasteiger partial charge in [-0.05, 0) is 18.9 Å². The molecule has 0 fully saturated rings. The van der Waals surface area contributed by atoms with E-state index in [-0.39, 0.29) is 0 Å². The summed E-state index contributed by atoms with van der Waals surface area (Å²) in [6.07, 6.45) is 2.15. The number of rotatable bonds is 2. The Labute approximate surface area is 107 Å². The van der Waals surface area contributed by atoms with Crippen LogP contribution in [0.3, 0.4) is 0 Å². The van der Waals surface area contributed by atoms with Crippen LogP contribution in [0, 0.1) is 0 Å². The van der Waals surface area contributed by atoms with Gasteiger partial charge in [0.15, 0.2) is 11.5 Å². The highest BCUT2D eigenvalue weighted by molar-refractivity contribution is 5.53. The molecule has 1 aromatic rings. The van der Waals surface area contributed by atoms with E-state index in [1.165, 1.54) is 5.56 Å². The lowest BCUT2D eigenvalue weighted by Gasteiger charge is -2.21. The van der Waals surface area contributed by atoms with E-state index in [9.17, 15) is 0 Å². The van der Waals surface area contributed by atoms with E-state index in [0.717, 1.165) is 36.7 Å². The summed E-state index contributed by atoms with van der Waals surface area (Å²) in [5, 5.41) is 3.59. The normalized spacial score (nSPS) is 21.4. The van der Waals surface area contributed by atoms with Crippen molar-refractivity contribution >= 4 is 0 Å². The van der Waals surface area contributed by atoms with Crippen molar-refractivity contribution < 1.29 is 14.2 Å². The first kappa shape index (κ1) is 11.7. The second kappa shape index (κ2) is 4.69. The minimum atomic E-state index is 0.306. The molecule has 0 spiro atoms. The second-order valence-electron chi connectivity index (χ2n) is 5.11. The molecule has 0 aromatic heterocycles. The first-order chi connectivity index (χ1) is 8.74. The first-order valence-electron chi connectivity index (χ1n) is 6.56. The van der Waals surface area contributed by atoms with Gasteiger partial charge in [-0.25, -0.2) is 0 Å². The average Bonchev–Trinajstić information content (AvgIpc) is 2.70. The summed E-state index contributed by atoms with van der Waals surface area (Å²) in [5.41, 5.74) is 1.19. The first-order valence-corrected chi connectivity index (χ1v) is 6.56. The summed E-state index contributed by atoms with van der Waals surface area (Å²) in [5.74, 6) is 2.55. The molecule has 1 N–H and O–H groups in total. The van der Waals surface area contributed by atoms with Crippen molar-refractivity contribution in [3.8, 4) is 17.2 Å². The lowest BCUT2D eigenvalue weighted by molar-refractivity contribution is 0.173. The summed E-state index contributed by atoms with van der Waals surface area (Å²) in [7, 11) is 0. The maximum absolute atomic E-state index is 5.81. The molecule has 98 valence electrons. The molecule has 2 heterocycles. The molecule has 4 nitrogen and oxygen atoms in total. The van der Waals surface area contributed by atoms with Gasteiger partial charge in [0.1, 0.15) is 5.75 Å². The van der Waals surface area contributed by atoms with Gasteiger partial charge in [-0.2, -0.15) is 0 Å². The molecule has 18 heavy (non-hydrogen) atoms. The summed E-state index contributed by atoms with van der Waals surface area (Å²) in [6, 6.07) is 4.80. The van der Waals surface area contributed by atoms with Gasteiger partial charge in [0.05, 0.1) is 6.61 Å². The summed E-state index contributed by atoms with van der Waals surface area (Å²) in [6.45, 7) is 5.40. The number of hydrogen-bond donors (Lipinski definition) is 1. The van der Waals surface area contributed by atoms with E-state index in [2.05, 4.69) is 25.2 Å². The number of hydrogen-bond acceptors (Lipinski definition) is 4. The van der Waals surface area contributed by atoms with Crippen LogP contribution in [0.25, 0.3) is 0 Å². The van der Waals surface area contributed by atoms with E-state index in [1.807, 2.05) is 6.07 Å². The molecule has 4 heteroatoms. The van der Waals surface area contributed by atoms with E-state index >= 15 is 0 Å². The Morgan fingerprint density at radius 3 is 2.67 bits per heavy atom. The molecule has 3 rings (SSSR count). The Morgan fingerprint density at radius 1 is 1.11 bits per heavy atom. The van der Waals surface area contributed by atoms with Crippen molar-refractivity contribution in [2.45, 2.75) is 38.8 Å². The highest BCUT2D eigenvalue weighted by Crippen LogP contribution is 2.42. The highest BCUT2D eigenvalue weighted by Gasteiger charge is 2.25. The van der Waals surface area contributed by atoms with Crippen LogP contribution >= 0.6 is 0 Å². The topological polar surface area (TPSA) is 39.7 Å². The van der Waals surface area contributed by atoms with Crippen LogP contribution in [0.2, 0.25) is 0 Å². The minimum Gasteiger partial charge on any atom is -0.493 e.